The standard InChI is InChI=1S/C49H94NO8P/c1-6-8-10-12-14-16-18-20-22-24-25-26-28-30-32-34-36-38-40-42-49(52)58-47(46-57-59(53,54)56-44-43-50(3,4)5)45-55-48(51)41-39-37-35-33-31-29-27-23-21-19-17-15-13-11-9-7-2/h14,16,20,22,47H,6-13,15,17-19,21,23-46H2,1-5H3/p+1/b16-14-,22-20-/t47-/m1/s1. The van der Waals surface area contributed by atoms with E-state index < -0.39 is 26.5 Å². The first-order chi connectivity index (χ1) is 28.5. The highest BCUT2D eigenvalue weighted by molar-refractivity contribution is 7.47. The Morgan fingerprint density at radius 3 is 1.37 bits per heavy atom. The zero-order valence-electron chi connectivity index (χ0n) is 39.2. The molecule has 1 unspecified atom stereocenters. The molecule has 0 saturated heterocycles. The summed E-state index contributed by atoms with van der Waals surface area (Å²) in [6.07, 6.45) is 46.5. The van der Waals surface area contributed by atoms with E-state index in [0.29, 0.717) is 23.9 Å². The third kappa shape index (κ3) is 45.8. The molecule has 59 heavy (non-hydrogen) atoms. The van der Waals surface area contributed by atoms with Gasteiger partial charge in [-0.2, -0.15) is 0 Å². The molecule has 0 bridgehead atoms. The minimum Gasteiger partial charge on any atom is -0.462 e. The average molecular weight is 857 g/mol. The van der Waals surface area contributed by atoms with Crippen molar-refractivity contribution in [3.63, 3.8) is 0 Å². The molecular formula is C49H95NO8P+. The Morgan fingerprint density at radius 1 is 0.525 bits per heavy atom. The smallest absolute Gasteiger partial charge is 0.462 e. The number of allylic oxidation sites excluding steroid dienone is 4. The summed E-state index contributed by atoms with van der Waals surface area (Å²) in [4.78, 5) is 35.5. The molecule has 0 aromatic heterocycles. The Kier molecular flexibility index (Phi) is 40.8. The number of nitrogens with zero attached hydrogens (tertiary/aromatic N) is 1. The Hall–Kier alpha value is -1.51. The first-order valence-electron chi connectivity index (χ1n) is 24.6. The number of quaternary nitrogens is 1. The molecule has 0 spiro atoms. The van der Waals surface area contributed by atoms with E-state index in [0.717, 1.165) is 44.9 Å². The molecule has 2 atom stereocenters. The summed E-state index contributed by atoms with van der Waals surface area (Å²) in [5.74, 6) is -0.792. The van der Waals surface area contributed by atoms with E-state index in [2.05, 4.69) is 38.2 Å². The zero-order chi connectivity index (χ0) is 43.6. The number of ether oxygens (including phenoxy) is 2. The Labute approximate surface area is 364 Å². The molecule has 10 heteroatoms. The van der Waals surface area contributed by atoms with Gasteiger partial charge in [0.25, 0.3) is 0 Å². The number of phosphoric ester groups is 1. The summed E-state index contributed by atoms with van der Waals surface area (Å²) >= 11 is 0. The van der Waals surface area contributed by atoms with Gasteiger partial charge in [-0.15, -0.1) is 0 Å². The Bertz CT molecular complexity index is 1060. The van der Waals surface area contributed by atoms with Crippen molar-refractivity contribution in [1.82, 2.24) is 0 Å². The summed E-state index contributed by atoms with van der Waals surface area (Å²) in [7, 11) is 1.48. The second kappa shape index (κ2) is 41.8. The third-order valence-electron chi connectivity index (χ3n) is 10.7. The van der Waals surface area contributed by atoms with Crippen LogP contribution in [0.25, 0.3) is 0 Å². The summed E-state index contributed by atoms with van der Waals surface area (Å²) < 4.78 is 34.4. The third-order valence-corrected chi connectivity index (χ3v) is 11.7. The van der Waals surface area contributed by atoms with E-state index in [1.807, 2.05) is 21.1 Å². The molecule has 0 aromatic carbocycles. The van der Waals surface area contributed by atoms with Gasteiger partial charge in [0.05, 0.1) is 27.7 Å². The molecule has 0 aliphatic rings. The predicted molar refractivity (Wildman–Crippen MR) is 247 cm³/mol. The van der Waals surface area contributed by atoms with Crippen LogP contribution in [0.5, 0.6) is 0 Å². The fraction of sp³-hybridized carbons (Fsp3) is 0.878. The average Bonchev–Trinajstić information content (AvgIpc) is 3.19. The van der Waals surface area contributed by atoms with Crippen molar-refractivity contribution < 1.29 is 42.1 Å². The lowest BCUT2D eigenvalue weighted by Crippen LogP contribution is -2.37. The Morgan fingerprint density at radius 2 is 0.915 bits per heavy atom. The van der Waals surface area contributed by atoms with Gasteiger partial charge in [0.15, 0.2) is 6.10 Å². The van der Waals surface area contributed by atoms with E-state index in [9.17, 15) is 19.0 Å². The highest BCUT2D eigenvalue weighted by Crippen LogP contribution is 2.43. The summed E-state index contributed by atoms with van der Waals surface area (Å²) in [5, 5.41) is 0. The molecule has 0 aromatic rings. The molecule has 348 valence electrons. The Balaban J connectivity index is 4.27. The van der Waals surface area contributed by atoms with Crippen LogP contribution in [0, 0.1) is 0 Å². The lowest BCUT2D eigenvalue weighted by Gasteiger charge is -2.24. The van der Waals surface area contributed by atoms with Gasteiger partial charge < -0.3 is 18.9 Å². The van der Waals surface area contributed by atoms with Crippen molar-refractivity contribution in [2.75, 3.05) is 47.5 Å². The van der Waals surface area contributed by atoms with Crippen LogP contribution in [-0.4, -0.2) is 74.9 Å². The molecule has 0 aliphatic heterocycles. The maximum absolute atomic E-state index is 12.7. The van der Waals surface area contributed by atoms with Crippen molar-refractivity contribution in [2.45, 2.75) is 232 Å². The van der Waals surface area contributed by atoms with Gasteiger partial charge in [0, 0.05) is 12.8 Å². The molecule has 0 fully saturated rings. The lowest BCUT2D eigenvalue weighted by atomic mass is 10.0. The van der Waals surface area contributed by atoms with Crippen molar-refractivity contribution >= 4 is 19.8 Å². The van der Waals surface area contributed by atoms with Crippen LogP contribution in [0.3, 0.4) is 0 Å². The normalized spacial score (nSPS) is 13.7. The van der Waals surface area contributed by atoms with Crippen LogP contribution in [-0.2, 0) is 32.7 Å². The van der Waals surface area contributed by atoms with Crippen LogP contribution in [0.15, 0.2) is 24.3 Å². The van der Waals surface area contributed by atoms with Crippen LogP contribution >= 0.6 is 7.82 Å². The quantitative estimate of drug-likeness (QED) is 0.0212. The number of unbranched alkanes of at least 4 members (excludes halogenated alkanes) is 27. The number of phosphoric acid groups is 1. The first kappa shape index (κ1) is 57.5. The summed E-state index contributed by atoms with van der Waals surface area (Å²) in [6, 6.07) is 0. The fourth-order valence-electron chi connectivity index (χ4n) is 6.87. The maximum Gasteiger partial charge on any atom is 0.472 e. The van der Waals surface area contributed by atoms with E-state index >= 15 is 0 Å². The number of hydrogen-bond acceptors (Lipinski definition) is 7. The second-order valence-corrected chi connectivity index (χ2v) is 19.3. The minimum absolute atomic E-state index is 0.0329. The number of carbonyl (C=O) groups excluding carboxylic acids is 2. The second-order valence-electron chi connectivity index (χ2n) is 17.9. The molecule has 0 amide bonds. The maximum atomic E-state index is 12.7. The molecule has 0 radical (unpaired) electrons. The molecular weight excluding hydrogens is 762 g/mol. The van der Waals surface area contributed by atoms with E-state index in [-0.39, 0.29) is 25.6 Å². The highest BCUT2D eigenvalue weighted by atomic mass is 31.2. The largest absolute Gasteiger partial charge is 0.472 e. The molecule has 0 heterocycles. The van der Waals surface area contributed by atoms with Gasteiger partial charge in [0.1, 0.15) is 19.8 Å². The minimum atomic E-state index is -4.38. The van der Waals surface area contributed by atoms with Crippen LogP contribution in [0.1, 0.15) is 226 Å². The molecule has 9 nitrogen and oxygen atoms in total. The molecule has 1 N–H and O–H groups in total. The number of hydrogen-bond donors (Lipinski definition) is 1. The van der Waals surface area contributed by atoms with Crippen LogP contribution < -0.4 is 0 Å². The first-order valence-corrected chi connectivity index (χ1v) is 26.1. The molecule has 0 aliphatic carbocycles. The van der Waals surface area contributed by atoms with Gasteiger partial charge in [-0.1, -0.05) is 192 Å². The number of carbonyl (C=O) groups is 2. The summed E-state index contributed by atoms with van der Waals surface area (Å²) in [5.41, 5.74) is 0. The van der Waals surface area contributed by atoms with Gasteiger partial charge in [-0.25, -0.2) is 4.57 Å². The lowest BCUT2D eigenvalue weighted by molar-refractivity contribution is -0.870. The number of likely N-dealkylation sites (N-methyl/N-ethyl adjacent to an activating group) is 1. The highest BCUT2D eigenvalue weighted by Gasteiger charge is 2.27. The van der Waals surface area contributed by atoms with Crippen molar-refractivity contribution in [1.29, 1.82) is 0 Å². The van der Waals surface area contributed by atoms with Gasteiger partial charge in [0.2, 0.25) is 0 Å². The fourth-order valence-corrected chi connectivity index (χ4v) is 7.61. The van der Waals surface area contributed by atoms with Crippen LogP contribution in [0.4, 0.5) is 0 Å². The topological polar surface area (TPSA) is 108 Å². The monoisotopic (exact) mass is 857 g/mol. The van der Waals surface area contributed by atoms with Crippen molar-refractivity contribution in [2.24, 2.45) is 0 Å². The van der Waals surface area contributed by atoms with E-state index in [1.165, 1.54) is 148 Å². The number of rotatable bonds is 45. The predicted octanol–water partition coefficient (Wildman–Crippen LogP) is 14.3. The van der Waals surface area contributed by atoms with Gasteiger partial charge in [-0.3, -0.25) is 18.6 Å². The van der Waals surface area contributed by atoms with Gasteiger partial charge in [-0.05, 0) is 44.9 Å². The van der Waals surface area contributed by atoms with Crippen molar-refractivity contribution in [3.8, 4) is 0 Å². The SMILES string of the molecule is CCCCC/C=C\C/C=C\CCCCCCCCCCCC(=O)O[C@H](COC(=O)CCCCCCCCCCCCCCCCCC)COP(=O)(O)OCC[N+](C)(C)C. The number of esters is 2. The summed E-state index contributed by atoms with van der Waals surface area (Å²) in [6.45, 7) is 4.43. The van der Waals surface area contributed by atoms with E-state index in [1.54, 1.807) is 0 Å². The zero-order valence-corrected chi connectivity index (χ0v) is 40.1. The van der Waals surface area contributed by atoms with E-state index in [4.69, 9.17) is 18.5 Å². The molecule has 0 rings (SSSR count). The van der Waals surface area contributed by atoms with Crippen LogP contribution in [0.2, 0.25) is 0 Å². The molecule has 0 saturated carbocycles. The van der Waals surface area contributed by atoms with Crippen molar-refractivity contribution in [3.05, 3.63) is 24.3 Å². The van der Waals surface area contributed by atoms with Gasteiger partial charge >= 0.3 is 19.8 Å².